The summed E-state index contributed by atoms with van der Waals surface area (Å²) in [5.41, 5.74) is 1.77. The molecule has 6 heteroatoms. The number of anilines is 2. The van der Waals surface area contributed by atoms with Gasteiger partial charge in [0.1, 0.15) is 11.5 Å². The minimum atomic E-state index is -0.573. The van der Waals surface area contributed by atoms with Crippen LogP contribution in [0.1, 0.15) is 59.4 Å². The predicted octanol–water partition coefficient (Wildman–Crippen LogP) is 5.14. The summed E-state index contributed by atoms with van der Waals surface area (Å²) < 4.78 is 5.51. The van der Waals surface area contributed by atoms with Gasteiger partial charge in [-0.1, -0.05) is 26.8 Å². The Bertz CT molecular complexity index is 609. The number of amides is 2. The molecule has 1 aromatic carbocycles. The Kier molecular flexibility index (Phi) is 7.74. The van der Waals surface area contributed by atoms with Gasteiger partial charge in [0.05, 0.1) is 0 Å². The minimum Gasteiger partial charge on any atom is -0.443 e. The van der Waals surface area contributed by atoms with Gasteiger partial charge in [-0.3, -0.25) is 9.69 Å². The van der Waals surface area contributed by atoms with E-state index in [-0.39, 0.29) is 17.7 Å². The number of hydrogen-bond acceptors (Lipinski definition) is 3. The number of carbonyl (C=O) groups is 2. The van der Waals surface area contributed by atoms with Crippen LogP contribution in [0.15, 0.2) is 18.2 Å². The summed E-state index contributed by atoms with van der Waals surface area (Å²) in [4.78, 5) is 25.9. The molecule has 5 nitrogen and oxygen atoms in total. The SMILES string of the molecule is CCCN(C(=O)OC(C)(C)C)c1ccc(C(C)C)c(NC(=O)CCl)c1. The normalized spacial score (nSPS) is 11.4. The van der Waals surface area contributed by atoms with Crippen molar-refractivity contribution in [1.29, 1.82) is 0 Å². The van der Waals surface area contributed by atoms with Crippen LogP contribution < -0.4 is 10.2 Å². The Balaban J connectivity index is 3.24. The van der Waals surface area contributed by atoms with Crippen molar-refractivity contribution in [3.8, 4) is 0 Å². The lowest BCUT2D eigenvalue weighted by Gasteiger charge is -2.28. The van der Waals surface area contributed by atoms with Gasteiger partial charge in [-0.05, 0) is 50.8 Å². The summed E-state index contributed by atoms with van der Waals surface area (Å²) in [5, 5.41) is 2.82. The average Bonchev–Trinajstić information content (AvgIpc) is 2.50. The summed E-state index contributed by atoms with van der Waals surface area (Å²) in [6.45, 7) is 12.1. The molecule has 0 aliphatic heterocycles. The van der Waals surface area contributed by atoms with Gasteiger partial charge >= 0.3 is 6.09 Å². The molecule has 140 valence electrons. The van der Waals surface area contributed by atoms with Crippen LogP contribution in [-0.4, -0.2) is 30.0 Å². The molecule has 0 aliphatic carbocycles. The molecule has 1 aromatic rings. The van der Waals surface area contributed by atoms with Gasteiger partial charge in [0.15, 0.2) is 0 Å². The van der Waals surface area contributed by atoms with Gasteiger partial charge in [0.25, 0.3) is 0 Å². The molecule has 1 rings (SSSR count). The summed E-state index contributed by atoms with van der Waals surface area (Å²) in [7, 11) is 0. The van der Waals surface area contributed by atoms with Crippen molar-refractivity contribution >= 4 is 35.0 Å². The third-order valence-electron chi connectivity index (χ3n) is 3.43. The number of benzene rings is 1. The summed E-state index contributed by atoms with van der Waals surface area (Å²) in [6.07, 6.45) is 0.385. The van der Waals surface area contributed by atoms with Crippen LogP contribution >= 0.6 is 11.6 Å². The van der Waals surface area contributed by atoms with Crippen LogP contribution in [0.4, 0.5) is 16.2 Å². The number of nitrogens with one attached hydrogen (secondary N) is 1. The highest BCUT2D eigenvalue weighted by molar-refractivity contribution is 6.29. The van der Waals surface area contributed by atoms with E-state index in [1.807, 2.05) is 53.7 Å². The maximum atomic E-state index is 12.6. The highest BCUT2D eigenvalue weighted by Crippen LogP contribution is 2.30. The lowest BCUT2D eigenvalue weighted by atomic mass is 10.00. The van der Waals surface area contributed by atoms with Crippen LogP contribution in [0.3, 0.4) is 0 Å². The van der Waals surface area contributed by atoms with E-state index in [1.165, 1.54) is 0 Å². The third kappa shape index (κ3) is 6.58. The van der Waals surface area contributed by atoms with Crippen molar-refractivity contribution in [2.24, 2.45) is 0 Å². The first kappa shape index (κ1) is 21.3. The maximum Gasteiger partial charge on any atom is 0.414 e. The van der Waals surface area contributed by atoms with E-state index in [0.717, 1.165) is 12.0 Å². The van der Waals surface area contributed by atoms with Crippen molar-refractivity contribution in [2.45, 2.75) is 59.5 Å². The van der Waals surface area contributed by atoms with Crippen molar-refractivity contribution < 1.29 is 14.3 Å². The number of ether oxygens (including phenoxy) is 1. The minimum absolute atomic E-state index is 0.119. The summed E-state index contributed by atoms with van der Waals surface area (Å²) >= 11 is 5.61. The van der Waals surface area contributed by atoms with E-state index >= 15 is 0 Å². The van der Waals surface area contributed by atoms with Crippen LogP contribution in [0.5, 0.6) is 0 Å². The monoisotopic (exact) mass is 368 g/mol. The maximum absolute atomic E-state index is 12.6. The molecule has 0 spiro atoms. The molecule has 0 atom stereocenters. The second kappa shape index (κ2) is 9.09. The van der Waals surface area contributed by atoms with Crippen molar-refractivity contribution in [3.63, 3.8) is 0 Å². The van der Waals surface area contributed by atoms with Gasteiger partial charge in [-0.25, -0.2) is 4.79 Å². The van der Waals surface area contributed by atoms with Gasteiger partial charge in [0.2, 0.25) is 5.91 Å². The zero-order valence-electron chi connectivity index (χ0n) is 16.0. The second-order valence-corrected chi connectivity index (χ2v) is 7.51. The van der Waals surface area contributed by atoms with Gasteiger partial charge in [0, 0.05) is 17.9 Å². The predicted molar refractivity (Wildman–Crippen MR) is 104 cm³/mol. The fourth-order valence-electron chi connectivity index (χ4n) is 2.37. The van der Waals surface area contributed by atoms with E-state index in [1.54, 1.807) is 11.0 Å². The van der Waals surface area contributed by atoms with Crippen LogP contribution in [-0.2, 0) is 9.53 Å². The smallest absolute Gasteiger partial charge is 0.414 e. The molecule has 2 amide bonds. The molecular weight excluding hydrogens is 340 g/mol. The number of hydrogen-bond donors (Lipinski definition) is 1. The lowest BCUT2D eigenvalue weighted by Crippen LogP contribution is -2.37. The molecule has 0 fully saturated rings. The van der Waals surface area contributed by atoms with Crippen LogP contribution in [0.25, 0.3) is 0 Å². The fourth-order valence-corrected chi connectivity index (χ4v) is 2.44. The molecule has 0 aromatic heterocycles. The van der Waals surface area contributed by atoms with Gasteiger partial charge < -0.3 is 10.1 Å². The molecule has 0 aliphatic rings. The first-order valence-electron chi connectivity index (χ1n) is 8.59. The van der Waals surface area contributed by atoms with E-state index < -0.39 is 11.7 Å². The molecule has 0 unspecified atom stereocenters. The molecule has 25 heavy (non-hydrogen) atoms. The van der Waals surface area contributed by atoms with E-state index in [9.17, 15) is 9.59 Å². The first-order valence-corrected chi connectivity index (χ1v) is 9.12. The Hall–Kier alpha value is -1.75. The number of nitrogens with zero attached hydrogens (tertiary/aromatic N) is 1. The number of alkyl halides is 1. The van der Waals surface area contributed by atoms with Gasteiger partial charge in [-0.2, -0.15) is 0 Å². The van der Waals surface area contributed by atoms with Crippen molar-refractivity contribution in [2.75, 3.05) is 22.6 Å². The zero-order valence-corrected chi connectivity index (χ0v) is 16.7. The molecule has 0 radical (unpaired) electrons. The molecule has 0 saturated heterocycles. The molecule has 0 saturated carbocycles. The second-order valence-electron chi connectivity index (χ2n) is 7.24. The number of rotatable bonds is 6. The Morgan fingerprint density at radius 2 is 1.92 bits per heavy atom. The largest absolute Gasteiger partial charge is 0.443 e. The molecule has 0 bridgehead atoms. The van der Waals surface area contributed by atoms with E-state index in [2.05, 4.69) is 5.32 Å². The standard InChI is InChI=1S/C19H29ClN2O3/c1-7-10-22(18(24)25-19(4,5)6)14-8-9-15(13(2)3)16(11-14)21-17(23)12-20/h8-9,11,13H,7,10,12H2,1-6H3,(H,21,23). The topological polar surface area (TPSA) is 58.6 Å². The van der Waals surface area contributed by atoms with E-state index in [4.69, 9.17) is 16.3 Å². The quantitative estimate of drug-likeness (QED) is 0.707. The Morgan fingerprint density at radius 3 is 2.40 bits per heavy atom. The van der Waals surface area contributed by atoms with Crippen molar-refractivity contribution in [3.05, 3.63) is 23.8 Å². The highest BCUT2D eigenvalue weighted by Gasteiger charge is 2.24. The van der Waals surface area contributed by atoms with Crippen LogP contribution in [0.2, 0.25) is 0 Å². The zero-order chi connectivity index (χ0) is 19.2. The van der Waals surface area contributed by atoms with Gasteiger partial charge in [-0.15, -0.1) is 11.6 Å². The molecule has 1 N–H and O–H groups in total. The Labute approximate surface area is 155 Å². The van der Waals surface area contributed by atoms with E-state index in [0.29, 0.717) is 17.9 Å². The molecular formula is C19H29ClN2O3. The first-order chi connectivity index (χ1) is 11.6. The summed E-state index contributed by atoms with van der Waals surface area (Å²) in [5.74, 6) is -0.173. The summed E-state index contributed by atoms with van der Waals surface area (Å²) in [6, 6.07) is 5.61. The average molecular weight is 369 g/mol. The highest BCUT2D eigenvalue weighted by atomic mass is 35.5. The third-order valence-corrected chi connectivity index (χ3v) is 3.67. The number of halogens is 1. The Morgan fingerprint density at radius 1 is 1.28 bits per heavy atom. The number of carbonyl (C=O) groups excluding carboxylic acids is 2. The van der Waals surface area contributed by atoms with Crippen LogP contribution in [0, 0.1) is 0 Å². The van der Waals surface area contributed by atoms with Crippen molar-refractivity contribution in [1.82, 2.24) is 0 Å². The molecule has 0 heterocycles. The lowest BCUT2D eigenvalue weighted by molar-refractivity contribution is -0.113. The fraction of sp³-hybridized carbons (Fsp3) is 0.579.